The van der Waals surface area contributed by atoms with Gasteiger partial charge in [0.1, 0.15) is 11.3 Å². The van der Waals surface area contributed by atoms with E-state index in [1.54, 1.807) is 36.4 Å². The first-order valence-corrected chi connectivity index (χ1v) is 9.42. The predicted molar refractivity (Wildman–Crippen MR) is 105 cm³/mol. The second kappa shape index (κ2) is 7.61. The lowest BCUT2D eigenvalue weighted by Gasteiger charge is -2.26. The molecule has 0 unspecified atom stereocenters. The van der Waals surface area contributed by atoms with Gasteiger partial charge in [-0.05, 0) is 34.1 Å². The molecular formula is C19H16BrN3O5. The molecule has 0 aliphatic carbocycles. The van der Waals surface area contributed by atoms with Crippen LogP contribution in [0, 0.1) is 0 Å². The number of para-hydroxylation sites is 1. The van der Waals surface area contributed by atoms with Crippen LogP contribution >= 0.6 is 15.9 Å². The molecule has 0 saturated carbocycles. The number of hydrogen-bond acceptors (Lipinski definition) is 6. The van der Waals surface area contributed by atoms with Gasteiger partial charge in [-0.15, -0.1) is 0 Å². The summed E-state index contributed by atoms with van der Waals surface area (Å²) >= 11 is 3.45. The highest BCUT2D eigenvalue weighted by molar-refractivity contribution is 9.10. The van der Waals surface area contributed by atoms with Crippen molar-refractivity contribution >= 4 is 51.4 Å². The molecule has 28 heavy (non-hydrogen) atoms. The van der Waals surface area contributed by atoms with E-state index in [-0.39, 0.29) is 5.57 Å². The van der Waals surface area contributed by atoms with Gasteiger partial charge in [0.25, 0.3) is 11.8 Å². The van der Waals surface area contributed by atoms with E-state index < -0.39 is 17.8 Å². The molecular weight excluding hydrogens is 430 g/mol. The maximum absolute atomic E-state index is 12.8. The molecule has 1 aromatic carbocycles. The summed E-state index contributed by atoms with van der Waals surface area (Å²) in [5, 5.41) is 2.19. The summed E-state index contributed by atoms with van der Waals surface area (Å²) in [6.07, 6.45) is 1.34. The van der Waals surface area contributed by atoms with E-state index in [4.69, 9.17) is 9.15 Å². The zero-order valence-corrected chi connectivity index (χ0v) is 16.3. The van der Waals surface area contributed by atoms with Gasteiger partial charge in [0.05, 0.1) is 23.4 Å². The normalized spacial score (nSPS) is 19.3. The van der Waals surface area contributed by atoms with Crippen LogP contribution in [0.4, 0.5) is 16.4 Å². The topological polar surface area (TPSA) is 92.1 Å². The quantitative estimate of drug-likeness (QED) is 0.576. The first kappa shape index (κ1) is 18.5. The van der Waals surface area contributed by atoms with E-state index in [0.29, 0.717) is 48.1 Å². The molecule has 1 N–H and O–H groups in total. The molecule has 4 amide bonds. The number of anilines is 2. The largest absolute Gasteiger partial charge is 0.440 e. The number of ether oxygens (including phenoxy) is 1. The lowest BCUT2D eigenvalue weighted by molar-refractivity contribution is -0.122. The standard InChI is InChI=1S/C19H16BrN3O5/c20-15-11-13(28-18(15)22-6-8-27-9-7-22)10-14-16(24)21-19(26)23(17(14)25)12-4-2-1-3-5-12/h1-5,10-11H,6-9H2,(H,21,24,26)/b14-10+. The number of nitrogens with one attached hydrogen (secondary N) is 1. The minimum absolute atomic E-state index is 0.182. The van der Waals surface area contributed by atoms with Crippen LogP contribution in [0.1, 0.15) is 5.76 Å². The summed E-state index contributed by atoms with van der Waals surface area (Å²) in [6.45, 7) is 2.55. The number of amides is 4. The van der Waals surface area contributed by atoms with Gasteiger partial charge in [-0.25, -0.2) is 9.69 Å². The fourth-order valence-corrected chi connectivity index (χ4v) is 3.60. The molecule has 144 valence electrons. The fourth-order valence-electron chi connectivity index (χ4n) is 3.04. The van der Waals surface area contributed by atoms with E-state index in [1.165, 1.54) is 6.08 Å². The average Bonchev–Trinajstić information content (AvgIpc) is 3.07. The number of barbiturate groups is 1. The number of rotatable bonds is 3. The Balaban J connectivity index is 1.65. The summed E-state index contributed by atoms with van der Waals surface area (Å²) in [5.41, 5.74) is 0.191. The second-order valence-electron chi connectivity index (χ2n) is 6.19. The lowest BCUT2D eigenvalue weighted by Crippen LogP contribution is -2.54. The Labute approximate surface area is 168 Å². The summed E-state index contributed by atoms with van der Waals surface area (Å²) in [5.74, 6) is -0.535. The highest BCUT2D eigenvalue weighted by Gasteiger charge is 2.37. The number of carbonyl (C=O) groups excluding carboxylic acids is 3. The molecule has 9 heteroatoms. The Kier molecular flexibility index (Phi) is 5.01. The third-order valence-corrected chi connectivity index (χ3v) is 4.96. The van der Waals surface area contributed by atoms with Gasteiger partial charge < -0.3 is 14.1 Å². The van der Waals surface area contributed by atoms with E-state index >= 15 is 0 Å². The van der Waals surface area contributed by atoms with Gasteiger partial charge in [0, 0.05) is 19.2 Å². The molecule has 2 fully saturated rings. The number of furan rings is 1. The Morgan fingerprint density at radius 3 is 2.50 bits per heavy atom. The van der Waals surface area contributed by atoms with Gasteiger partial charge in [-0.2, -0.15) is 0 Å². The first-order chi connectivity index (χ1) is 13.5. The molecule has 0 spiro atoms. The maximum atomic E-state index is 12.8. The van der Waals surface area contributed by atoms with Gasteiger partial charge >= 0.3 is 6.03 Å². The number of morpholine rings is 1. The van der Waals surface area contributed by atoms with E-state index in [2.05, 4.69) is 21.2 Å². The van der Waals surface area contributed by atoms with Crippen LogP contribution in [0.3, 0.4) is 0 Å². The lowest BCUT2D eigenvalue weighted by atomic mass is 10.1. The molecule has 1 aromatic heterocycles. The predicted octanol–water partition coefficient (Wildman–Crippen LogP) is 2.55. The zero-order chi connectivity index (χ0) is 19.7. The molecule has 0 radical (unpaired) electrons. The maximum Gasteiger partial charge on any atom is 0.335 e. The Morgan fingerprint density at radius 1 is 1.07 bits per heavy atom. The summed E-state index contributed by atoms with van der Waals surface area (Å²) in [6, 6.07) is 9.30. The third-order valence-electron chi connectivity index (χ3n) is 4.39. The smallest absolute Gasteiger partial charge is 0.335 e. The summed E-state index contributed by atoms with van der Waals surface area (Å²) in [4.78, 5) is 40.2. The molecule has 2 aliphatic heterocycles. The van der Waals surface area contributed by atoms with Crippen LogP contribution < -0.4 is 15.1 Å². The van der Waals surface area contributed by atoms with Gasteiger partial charge in [-0.1, -0.05) is 18.2 Å². The minimum atomic E-state index is -0.784. The number of nitrogens with zero attached hydrogens (tertiary/aromatic N) is 2. The number of benzene rings is 1. The number of imide groups is 2. The van der Waals surface area contributed by atoms with Crippen molar-refractivity contribution in [3.8, 4) is 0 Å². The minimum Gasteiger partial charge on any atom is -0.440 e. The molecule has 3 heterocycles. The molecule has 2 saturated heterocycles. The number of carbonyl (C=O) groups is 3. The van der Waals surface area contributed by atoms with Crippen LogP contribution in [-0.4, -0.2) is 44.1 Å². The Morgan fingerprint density at radius 2 is 1.79 bits per heavy atom. The van der Waals surface area contributed by atoms with Crippen molar-refractivity contribution in [1.29, 1.82) is 0 Å². The van der Waals surface area contributed by atoms with Crippen molar-refractivity contribution < 1.29 is 23.5 Å². The van der Waals surface area contributed by atoms with Crippen LogP contribution in [0.2, 0.25) is 0 Å². The fraction of sp³-hybridized carbons (Fsp3) is 0.211. The van der Waals surface area contributed by atoms with Crippen molar-refractivity contribution in [2.75, 3.05) is 36.1 Å². The monoisotopic (exact) mass is 445 g/mol. The van der Waals surface area contributed by atoms with Crippen LogP contribution in [-0.2, 0) is 14.3 Å². The molecule has 2 aliphatic rings. The zero-order valence-electron chi connectivity index (χ0n) is 14.7. The van der Waals surface area contributed by atoms with Crippen LogP contribution in [0.5, 0.6) is 0 Å². The average molecular weight is 446 g/mol. The molecule has 8 nitrogen and oxygen atoms in total. The number of urea groups is 1. The third kappa shape index (κ3) is 3.46. The van der Waals surface area contributed by atoms with Crippen molar-refractivity contribution in [2.24, 2.45) is 0 Å². The number of hydrogen-bond donors (Lipinski definition) is 1. The molecule has 0 atom stereocenters. The highest BCUT2D eigenvalue weighted by atomic mass is 79.9. The molecule has 4 rings (SSSR count). The van der Waals surface area contributed by atoms with Crippen molar-refractivity contribution in [2.45, 2.75) is 0 Å². The molecule has 0 bridgehead atoms. The van der Waals surface area contributed by atoms with Crippen molar-refractivity contribution in [1.82, 2.24) is 5.32 Å². The Hall–Kier alpha value is -2.91. The van der Waals surface area contributed by atoms with Crippen LogP contribution in [0.25, 0.3) is 6.08 Å². The summed E-state index contributed by atoms with van der Waals surface area (Å²) < 4.78 is 11.9. The summed E-state index contributed by atoms with van der Waals surface area (Å²) in [7, 11) is 0. The molecule has 2 aromatic rings. The number of halogens is 1. The second-order valence-corrected chi connectivity index (χ2v) is 7.05. The highest BCUT2D eigenvalue weighted by Crippen LogP contribution is 2.32. The van der Waals surface area contributed by atoms with Gasteiger partial charge in [0.15, 0.2) is 0 Å². The van der Waals surface area contributed by atoms with Crippen molar-refractivity contribution in [3.05, 3.63) is 52.2 Å². The van der Waals surface area contributed by atoms with Crippen molar-refractivity contribution in [3.63, 3.8) is 0 Å². The Bertz CT molecular complexity index is 963. The SMILES string of the molecule is O=C1NC(=O)N(c2ccccc2)C(=O)/C1=C/c1cc(Br)c(N2CCOCC2)o1. The van der Waals surface area contributed by atoms with Crippen LogP contribution in [0.15, 0.2) is 50.9 Å². The van der Waals surface area contributed by atoms with E-state index in [1.807, 2.05) is 4.90 Å². The van der Waals surface area contributed by atoms with E-state index in [9.17, 15) is 14.4 Å². The van der Waals surface area contributed by atoms with Gasteiger partial charge in [-0.3, -0.25) is 14.9 Å². The van der Waals surface area contributed by atoms with Gasteiger partial charge in [0.2, 0.25) is 5.88 Å². The first-order valence-electron chi connectivity index (χ1n) is 8.63. The van der Waals surface area contributed by atoms with E-state index in [0.717, 1.165) is 4.90 Å².